The number of anilines is 1. The molecule has 0 radical (unpaired) electrons. The second-order valence-corrected chi connectivity index (χ2v) is 5.66. The van der Waals surface area contributed by atoms with Crippen LogP contribution in [-0.4, -0.2) is 24.2 Å². The number of nitrogens with one attached hydrogen (secondary N) is 2. The molecular formula is C20H18N4O3. The molecule has 0 spiro atoms. The Morgan fingerprint density at radius 3 is 2.52 bits per heavy atom. The predicted octanol–water partition coefficient (Wildman–Crippen LogP) is 2.94. The molecule has 1 heterocycles. The van der Waals surface area contributed by atoms with Gasteiger partial charge >= 0.3 is 0 Å². The molecule has 27 heavy (non-hydrogen) atoms. The molecule has 0 saturated heterocycles. The number of aromatic nitrogens is 2. The number of nitrogens with zero attached hydrogens (tertiary/aromatic N) is 2. The maximum Gasteiger partial charge on any atom is 0.270 e. The van der Waals surface area contributed by atoms with Crippen molar-refractivity contribution in [3.8, 4) is 28.8 Å². The lowest BCUT2D eigenvalue weighted by atomic mass is 10.1. The van der Waals surface area contributed by atoms with Crippen molar-refractivity contribution in [2.24, 2.45) is 0 Å². The summed E-state index contributed by atoms with van der Waals surface area (Å²) in [6.07, 6.45) is 0. The molecule has 7 heteroatoms. The van der Waals surface area contributed by atoms with Gasteiger partial charge in [-0.05, 0) is 23.8 Å². The van der Waals surface area contributed by atoms with Gasteiger partial charge in [0.2, 0.25) is 5.95 Å². The first kappa shape index (κ1) is 18.0. The summed E-state index contributed by atoms with van der Waals surface area (Å²) < 4.78 is 10.5. The van der Waals surface area contributed by atoms with Crippen LogP contribution in [0.15, 0.2) is 53.3 Å². The fourth-order valence-corrected chi connectivity index (χ4v) is 2.63. The molecule has 1 aromatic heterocycles. The van der Waals surface area contributed by atoms with Crippen LogP contribution in [-0.2, 0) is 6.54 Å². The van der Waals surface area contributed by atoms with Gasteiger partial charge in [0.1, 0.15) is 11.6 Å². The molecule has 0 fully saturated rings. The van der Waals surface area contributed by atoms with E-state index in [2.05, 4.69) is 15.3 Å². The summed E-state index contributed by atoms with van der Waals surface area (Å²) in [6.45, 7) is 0.487. The monoisotopic (exact) mass is 362 g/mol. The van der Waals surface area contributed by atoms with Gasteiger partial charge in [-0.1, -0.05) is 30.3 Å². The van der Waals surface area contributed by atoms with Crippen molar-refractivity contribution < 1.29 is 9.47 Å². The normalized spacial score (nSPS) is 10.1. The first-order chi connectivity index (χ1) is 13.2. The molecule has 3 aromatic rings. The van der Waals surface area contributed by atoms with E-state index in [0.717, 1.165) is 5.56 Å². The third-order valence-electron chi connectivity index (χ3n) is 3.99. The maximum absolute atomic E-state index is 12.3. The number of hydrogen-bond donors (Lipinski definition) is 2. The highest BCUT2D eigenvalue weighted by Gasteiger charge is 2.15. The molecule has 3 rings (SSSR count). The van der Waals surface area contributed by atoms with Crippen LogP contribution in [0.1, 0.15) is 11.1 Å². The summed E-state index contributed by atoms with van der Waals surface area (Å²) in [7, 11) is 3.06. The summed E-state index contributed by atoms with van der Waals surface area (Å²) in [4.78, 5) is 19.4. The number of aromatic amines is 1. The Kier molecular flexibility index (Phi) is 5.38. The van der Waals surface area contributed by atoms with Gasteiger partial charge in [-0.15, -0.1) is 0 Å². The Hall–Kier alpha value is -3.79. The molecule has 0 unspecified atom stereocenters. The Morgan fingerprint density at radius 2 is 1.85 bits per heavy atom. The average molecular weight is 362 g/mol. The molecule has 0 aliphatic rings. The lowest BCUT2D eigenvalue weighted by Crippen LogP contribution is -2.17. The van der Waals surface area contributed by atoms with E-state index in [0.29, 0.717) is 23.6 Å². The lowest BCUT2D eigenvalue weighted by molar-refractivity contribution is 0.355. The van der Waals surface area contributed by atoms with Crippen LogP contribution >= 0.6 is 0 Å². The fraction of sp³-hybridized carbons (Fsp3) is 0.150. The highest BCUT2D eigenvalue weighted by atomic mass is 16.5. The zero-order valence-electron chi connectivity index (χ0n) is 14.9. The van der Waals surface area contributed by atoms with Crippen molar-refractivity contribution in [1.82, 2.24) is 9.97 Å². The Morgan fingerprint density at radius 1 is 1.11 bits per heavy atom. The van der Waals surface area contributed by atoms with E-state index in [9.17, 15) is 10.1 Å². The van der Waals surface area contributed by atoms with Gasteiger partial charge in [0.25, 0.3) is 5.56 Å². The number of hydrogen-bond acceptors (Lipinski definition) is 6. The van der Waals surface area contributed by atoms with E-state index >= 15 is 0 Å². The highest BCUT2D eigenvalue weighted by molar-refractivity contribution is 5.70. The predicted molar refractivity (Wildman–Crippen MR) is 102 cm³/mol. The Bertz CT molecular complexity index is 1040. The summed E-state index contributed by atoms with van der Waals surface area (Å²) in [5.41, 5.74) is 1.33. The minimum Gasteiger partial charge on any atom is -0.493 e. The molecule has 0 aliphatic heterocycles. The topological polar surface area (TPSA) is 100 Å². The number of nitriles is 1. The summed E-state index contributed by atoms with van der Waals surface area (Å²) in [5.74, 6) is 1.32. The average Bonchev–Trinajstić information content (AvgIpc) is 2.72. The van der Waals surface area contributed by atoms with Crippen molar-refractivity contribution in [2.75, 3.05) is 19.5 Å². The third kappa shape index (κ3) is 3.90. The molecule has 7 nitrogen and oxygen atoms in total. The fourth-order valence-electron chi connectivity index (χ4n) is 2.63. The van der Waals surface area contributed by atoms with Crippen molar-refractivity contribution in [3.63, 3.8) is 0 Å². The molecule has 136 valence electrons. The zero-order chi connectivity index (χ0) is 19.2. The van der Waals surface area contributed by atoms with Gasteiger partial charge in [-0.25, -0.2) is 4.98 Å². The minimum absolute atomic E-state index is 0.0625. The Balaban J connectivity index is 2.00. The van der Waals surface area contributed by atoms with Gasteiger partial charge in [-0.3, -0.25) is 9.78 Å². The van der Waals surface area contributed by atoms with Crippen LogP contribution in [0, 0.1) is 11.3 Å². The molecule has 2 N–H and O–H groups in total. The highest BCUT2D eigenvalue weighted by Crippen LogP contribution is 2.32. The van der Waals surface area contributed by atoms with Gasteiger partial charge in [0.15, 0.2) is 11.5 Å². The molecule has 0 bridgehead atoms. The van der Waals surface area contributed by atoms with E-state index in [1.54, 1.807) is 18.2 Å². The van der Waals surface area contributed by atoms with Gasteiger partial charge in [-0.2, -0.15) is 5.26 Å². The molecule has 0 atom stereocenters. The van der Waals surface area contributed by atoms with Gasteiger partial charge in [0, 0.05) is 12.1 Å². The number of H-pyrrole nitrogens is 1. The van der Waals surface area contributed by atoms with E-state index in [4.69, 9.17) is 9.47 Å². The van der Waals surface area contributed by atoms with Crippen molar-refractivity contribution in [1.29, 1.82) is 5.26 Å². The van der Waals surface area contributed by atoms with Crippen LogP contribution in [0.4, 0.5) is 5.95 Å². The van der Waals surface area contributed by atoms with E-state index in [1.165, 1.54) is 14.2 Å². The largest absolute Gasteiger partial charge is 0.493 e. The zero-order valence-corrected chi connectivity index (χ0v) is 14.9. The Labute approximate surface area is 156 Å². The van der Waals surface area contributed by atoms with Crippen LogP contribution in [0.25, 0.3) is 11.3 Å². The third-order valence-corrected chi connectivity index (χ3v) is 3.99. The van der Waals surface area contributed by atoms with Crippen LogP contribution in [0.2, 0.25) is 0 Å². The summed E-state index contributed by atoms with van der Waals surface area (Å²) >= 11 is 0. The lowest BCUT2D eigenvalue weighted by Gasteiger charge is -2.11. The molecule has 0 aliphatic carbocycles. The van der Waals surface area contributed by atoms with Crippen molar-refractivity contribution >= 4 is 5.95 Å². The van der Waals surface area contributed by atoms with Gasteiger partial charge in [0.05, 0.1) is 19.9 Å². The maximum atomic E-state index is 12.3. The second-order valence-electron chi connectivity index (χ2n) is 5.66. The van der Waals surface area contributed by atoms with E-state index in [1.807, 2.05) is 36.4 Å². The minimum atomic E-state index is -0.507. The number of benzene rings is 2. The summed E-state index contributed by atoms with van der Waals surface area (Å²) in [6, 6.07) is 16.8. The van der Waals surface area contributed by atoms with Crippen LogP contribution in [0.3, 0.4) is 0 Å². The molecule has 0 amide bonds. The first-order valence-electron chi connectivity index (χ1n) is 8.21. The molecular weight excluding hydrogens is 344 g/mol. The first-order valence-corrected chi connectivity index (χ1v) is 8.21. The van der Waals surface area contributed by atoms with E-state index in [-0.39, 0.29) is 17.2 Å². The summed E-state index contributed by atoms with van der Waals surface area (Å²) in [5, 5.41) is 12.5. The van der Waals surface area contributed by atoms with Crippen molar-refractivity contribution in [2.45, 2.75) is 6.54 Å². The van der Waals surface area contributed by atoms with E-state index < -0.39 is 5.56 Å². The number of ether oxygens (including phenoxy) is 2. The van der Waals surface area contributed by atoms with Crippen LogP contribution < -0.4 is 20.3 Å². The van der Waals surface area contributed by atoms with Crippen molar-refractivity contribution in [3.05, 3.63) is 70.0 Å². The SMILES string of the molecule is COc1ccc(-c2nc(NCc3ccccc3)[nH]c(=O)c2C#N)cc1OC. The van der Waals surface area contributed by atoms with Crippen LogP contribution in [0.5, 0.6) is 11.5 Å². The smallest absolute Gasteiger partial charge is 0.270 e. The number of methoxy groups -OCH3 is 2. The molecule has 2 aromatic carbocycles. The van der Waals surface area contributed by atoms with Gasteiger partial charge < -0.3 is 14.8 Å². The second kappa shape index (κ2) is 8.06. The quantitative estimate of drug-likeness (QED) is 0.699. The number of rotatable bonds is 6. The molecule has 0 saturated carbocycles. The standard InChI is InChI=1S/C20H18N4O3/c1-26-16-9-8-14(10-17(16)27-2)18-15(11-21)19(25)24-20(23-18)22-12-13-6-4-3-5-7-13/h3-10H,12H2,1-2H3,(H2,22,23,24,25).